The van der Waals surface area contributed by atoms with Crippen molar-refractivity contribution in [2.24, 2.45) is 11.7 Å². The Morgan fingerprint density at radius 2 is 1.95 bits per heavy atom. The number of hydrogen-bond donors (Lipinski definition) is 2. The summed E-state index contributed by atoms with van der Waals surface area (Å²) in [5.74, 6) is -0.473. The van der Waals surface area contributed by atoms with Crippen LogP contribution in [0.2, 0.25) is 0 Å². The summed E-state index contributed by atoms with van der Waals surface area (Å²) in [6, 6.07) is 12.8. The standard InChI is InChI=1S/C15H16BrN3O/c1-10(13(17)11-6-3-2-4-7-11)15(20)19-12-8-5-9-18-14(12)16/h2-10,13H,17H2,1H3,(H,19,20). The van der Waals surface area contributed by atoms with Gasteiger partial charge in [-0.15, -0.1) is 0 Å². The largest absolute Gasteiger partial charge is 0.323 e. The fraction of sp³-hybridized carbons (Fsp3) is 0.200. The van der Waals surface area contributed by atoms with Crippen molar-refractivity contribution in [2.75, 3.05) is 5.32 Å². The number of amides is 1. The minimum absolute atomic E-state index is 0.130. The smallest absolute Gasteiger partial charge is 0.229 e. The summed E-state index contributed by atoms with van der Waals surface area (Å²) in [6.45, 7) is 1.82. The molecule has 1 amide bonds. The van der Waals surface area contributed by atoms with E-state index in [1.807, 2.05) is 37.3 Å². The van der Waals surface area contributed by atoms with E-state index in [2.05, 4.69) is 26.2 Å². The van der Waals surface area contributed by atoms with E-state index in [1.165, 1.54) is 0 Å². The van der Waals surface area contributed by atoms with Gasteiger partial charge in [0.15, 0.2) is 0 Å². The van der Waals surface area contributed by atoms with Gasteiger partial charge >= 0.3 is 0 Å². The van der Waals surface area contributed by atoms with Crippen LogP contribution in [-0.2, 0) is 4.79 Å². The molecule has 0 radical (unpaired) electrons. The second-order valence-electron chi connectivity index (χ2n) is 4.56. The van der Waals surface area contributed by atoms with Crippen LogP contribution in [0.3, 0.4) is 0 Å². The predicted octanol–water partition coefficient (Wildman–Crippen LogP) is 3.12. The first-order valence-electron chi connectivity index (χ1n) is 6.31. The molecular weight excluding hydrogens is 318 g/mol. The average molecular weight is 334 g/mol. The van der Waals surface area contributed by atoms with Crippen LogP contribution in [0.4, 0.5) is 5.69 Å². The van der Waals surface area contributed by atoms with E-state index >= 15 is 0 Å². The topological polar surface area (TPSA) is 68.0 Å². The number of nitrogens with two attached hydrogens (primary N) is 1. The number of benzene rings is 1. The summed E-state index contributed by atoms with van der Waals surface area (Å²) in [7, 11) is 0. The number of nitrogens with zero attached hydrogens (tertiary/aromatic N) is 1. The van der Waals surface area contributed by atoms with Gasteiger partial charge in [0.1, 0.15) is 4.60 Å². The molecule has 0 aliphatic carbocycles. The van der Waals surface area contributed by atoms with E-state index in [0.717, 1.165) is 5.56 Å². The average Bonchev–Trinajstić information content (AvgIpc) is 2.49. The van der Waals surface area contributed by atoms with Crippen molar-refractivity contribution < 1.29 is 4.79 Å². The third kappa shape index (κ3) is 3.43. The number of halogens is 1. The number of pyridine rings is 1. The Morgan fingerprint density at radius 3 is 2.60 bits per heavy atom. The number of aromatic nitrogens is 1. The lowest BCUT2D eigenvalue weighted by atomic mass is 9.94. The molecule has 4 nitrogen and oxygen atoms in total. The highest BCUT2D eigenvalue weighted by molar-refractivity contribution is 9.10. The van der Waals surface area contributed by atoms with Crippen molar-refractivity contribution in [3.8, 4) is 0 Å². The van der Waals surface area contributed by atoms with Crippen LogP contribution in [0.5, 0.6) is 0 Å². The van der Waals surface area contributed by atoms with Gasteiger partial charge in [0.2, 0.25) is 5.91 Å². The monoisotopic (exact) mass is 333 g/mol. The van der Waals surface area contributed by atoms with Crippen LogP contribution in [0, 0.1) is 5.92 Å². The Morgan fingerprint density at radius 1 is 1.25 bits per heavy atom. The zero-order valence-corrected chi connectivity index (χ0v) is 12.7. The van der Waals surface area contributed by atoms with Crippen molar-refractivity contribution in [1.82, 2.24) is 4.98 Å². The van der Waals surface area contributed by atoms with Gasteiger partial charge in [0.25, 0.3) is 0 Å². The molecular formula is C15H16BrN3O. The number of anilines is 1. The molecule has 3 N–H and O–H groups in total. The molecule has 0 aliphatic rings. The van der Waals surface area contributed by atoms with Crippen LogP contribution in [0.25, 0.3) is 0 Å². The zero-order valence-electron chi connectivity index (χ0n) is 11.1. The number of nitrogens with one attached hydrogen (secondary N) is 1. The maximum Gasteiger partial charge on any atom is 0.229 e. The molecule has 1 aromatic heterocycles. The molecule has 0 spiro atoms. The van der Waals surface area contributed by atoms with Crippen LogP contribution in [-0.4, -0.2) is 10.9 Å². The van der Waals surface area contributed by atoms with Crippen molar-refractivity contribution >= 4 is 27.5 Å². The summed E-state index contributed by atoms with van der Waals surface area (Å²) < 4.78 is 0.605. The van der Waals surface area contributed by atoms with E-state index in [4.69, 9.17) is 5.73 Å². The highest BCUT2D eigenvalue weighted by atomic mass is 79.9. The molecule has 2 unspecified atom stereocenters. The number of carbonyl (C=O) groups excluding carboxylic acids is 1. The van der Waals surface area contributed by atoms with Crippen LogP contribution >= 0.6 is 15.9 Å². The maximum absolute atomic E-state index is 12.2. The Balaban J connectivity index is 2.08. The molecule has 2 rings (SSSR count). The summed E-state index contributed by atoms with van der Waals surface area (Å²) in [4.78, 5) is 16.3. The van der Waals surface area contributed by atoms with Crippen molar-refractivity contribution in [1.29, 1.82) is 0 Å². The Labute approximate surface area is 126 Å². The van der Waals surface area contributed by atoms with E-state index < -0.39 is 0 Å². The Hall–Kier alpha value is -1.72. The minimum Gasteiger partial charge on any atom is -0.323 e. The predicted molar refractivity (Wildman–Crippen MR) is 83.1 cm³/mol. The van der Waals surface area contributed by atoms with E-state index in [0.29, 0.717) is 10.3 Å². The lowest BCUT2D eigenvalue weighted by Gasteiger charge is -2.20. The number of rotatable bonds is 4. The van der Waals surface area contributed by atoms with Gasteiger partial charge in [-0.3, -0.25) is 4.79 Å². The van der Waals surface area contributed by atoms with Crippen LogP contribution in [0.15, 0.2) is 53.3 Å². The fourth-order valence-corrected chi connectivity index (χ4v) is 2.20. The molecule has 20 heavy (non-hydrogen) atoms. The molecule has 0 bridgehead atoms. The maximum atomic E-state index is 12.2. The van der Waals surface area contributed by atoms with Gasteiger partial charge in [-0.1, -0.05) is 37.3 Å². The molecule has 2 aromatic rings. The summed E-state index contributed by atoms with van der Waals surface area (Å²) in [5, 5.41) is 2.83. The molecule has 104 valence electrons. The Kier molecular flexibility index (Phi) is 4.87. The van der Waals surface area contributed by atoms with Gasteiger partial charge < -0.3 is 11.1 Å². The zero-order chi connectivity index (χ0) is 14.5. The van der Waals surface area contributed by atoms with Crippen molar-refractivity contribution in [3.63, 3.8) is 0 Å². The van der Waals surface area contributed by atoms with Gasteiger partial charge in [-0.25, -0.2) is 4.98 Å². The minimum atomic E-state index is -0.343. The SMILES string of the molecule is CC(C(=O)Nc1cccnc1Br)C(N)c1ccccc1. The van der Waals surface area contributed by atoms with Gasteiger partial charge in [-0.05, 0) is 33.6 Å². The second-order valence-corrected chi connectivity index (χ2v) is 5.31. The third-order valence-electron chi connectivity index (χ3n) is 3.15. The van der Waals surface area contributed by atoms with E-state index in [9.17, 15) is 4.79 Å². The van der Waals surface area contributed by atoms with Crippen molar-refractivity contribution in [3.05, 3.63) is 58.8 Å². The second kappa shape index (κ2) is 6.63. The highest BCUT2D eigenvalue weighted by Gasteiger charge is 2.22. The molecule has 0 fully saturated rings. The third-order valence-corrected chi connectivity index (χ3v) is 3.79. The lowest BCUT2D eigenvalue weighted by molar-refractivity contribution is -0.120. The van der Waals surface area contributed by atoms with Crippen molar-refractivity contribution in [2.45, 2.75) is 13.0 Å². The van der Waals surface area contributed by atoms with E-state index in [1.54, 1.807) is 18.3 Å². The van der Waals surface area contributed by atoms with Gasteiger partial charge in [0, 0.05) is 12.2 Å². The number of hydrogen-bond acceptors (Lipinski definition) is 3. The first-order chi connectivity index (χ1) is 9.59. The Bertz CT molecular complexity index is 589. The number of carbonyl (C=O) groups is 1. The normalized spacial score (nSPS) is 13.6. The molecule has 1 aromatic carbocycles. The molecule has 0 aliphatic heterocycles. The van der Waals surface area contributed by atoms with Crippen LogP contribution in [0.1, 0.15) is 18.5 Å². The summed E-state index contributed by atoms with van der Waals surface area (Å²) in [6.07, 6.45) is 1.65. The van der Waals surface area contributed by atoms with Gasteiger partial charge in [0.05, 0.1) is 11.6 Å². The first kappa shape index (κ1) is 14.7. The molecule has 0 saturated heterocycles. The highest BCUT2D eigenvalue weighted by Crippen LogP contribution is 2.23. The molecule has 5 heteroatoms. The quantitative estimate of drug-likeness (QED) is 0.844. The van der Waals surface area contributed by atoms with Crippen LogP contribution < -0.4 is 11.1 Å². The summed E-state index contributed by atoms with van der Waals surface area (Å²) in [5.41, 5.74) is 7.73. The fourth-order valence-electron chi connectivity index (χ4n) is 1.85. The molecule has 0 saturated carbocycles. The van der Waals surface area contributed by atoms with Gasteiger partial charge in [-0.2, -0.15) is 0 Å². The molecule has 2 atom stereocenters. The lowest BCUT2D eigenvalue weighted by Crippen LogP contribution is -2.30. The molecule has 1 heterocycles. The summed E-state index contributed by atoms with van der Waals surface area (Å²) >= 11 is 3.30. The van der Waals surface area contributed by atoms with E-state index in [-0.39, 0.29) is 17.9 Å². The first-order valence-corrected chi connectivity index (χ1v) is 7.11.